The number of piperazine rings is 1. The van der Waals surface area contributed by atoms with Gasteiger partial charge in [0.25, 0.3) is 0 Å². The van der Waals surface area contributed by atoms with Crippen LogP contribution in [0, 0.1) is 0 Å². The molecule has 2 amide bonds. The number of carbonyl (C=O) groups is 2. The molecule has 1 aromatic rings. The summed E-state index contributed by atoms with van der Waals surface area (Å²) in [6.07, 6.45) is 1.51. The normalized spacial score (nSPS) is 15.8. The minimum Gasteiger partial charge on any atom is -0.493 e. The molecule has 0 aliphatic carbocycles. The number of rotatable bonds is 4. The van der Waals surface area contributed by atoms with E-state index < -0.39 is 11.8 Å². The molecule has 0 unspecified atom stereocenters. The fraction of sp³-hybridized carbons (Fsp3) is 0.357. The van der Waals surface area contributed by atoms with Crippen LogP contribution in [0.2, 0.25) is 0 Å². The molecule has 0 N–H and O–H groups in total. The summed E-state index contributed by atoms with van der Waals surface area (Å²) < 4.78 is 10.3. The zero-order valence-corrected chi connectivity index (χ0v) is 12.2. The maximum absolute atomic E-state index is 11.8. The van der Waals surface area contributed by atoms with Gasteiger partial charge in [-0.1, -0.05) is 0 Å². The van der Waals surface area contributed by atoms with E-state index in [-0.39, 0.29) is 0 Å². The third kappa shape index (κ3) is 3.13. The molecule has 7 nitrogen and oxygen atoms in total. The van der Waals surface area contributed by atoms with Gasteiger partial charge in [-0.25, -0.2) is 5.01 Å². The molecule has 1 heterocycles. The molecule has 0 saturated carbocycles. The molecule has 1 aliphatic heterocycles. The Bertz CT molecular complexity index is 586. The van der Waals surface area contributed by atoms with Crippen molar-refractivity contribution in [3.05, 3.63) is 23.8 Å². The van der Waals surface area contributed by atoms with Crippen molar-refractivity contribution in [3.8, 4) is 11.5 Å². The smallest absolute Gasteiger partial charge is 0.332 e. The van der Waals surface area contributed by atoms with Crippen LogP contribution >= 0.6 is 0 Å². The standard InChI is InChI=1S/C14H17N3O4/c1-16-6-7-17(14(19)13(16)18)15-9-10-4-5-11(20-2)12(8-10)21-3/h4-5,8-9H,6-7H2,1-3H3. The molecule has 1 aromatic carbocycles. The molecule has 1 aliphatic rings. The fourth-order valence-electron chi connectivity index (χ4n) is 1.90. The second-order valence-electron chi connectivity index (χ2n) is 4.51. The van der Waals surface area contributed by atoms with Gasteiger partial charge in [-0.2, -0.15) is 5.10 Å². The molecule has 112 valence electrons. The van der Waals surface area contributed by atoms with Crippen molar-refractivity contribution in [2.45, 2.75) is 0 Å². The van der Waals surface area contributed by atoms with Crippen LogP contribution < -0.4 is 9.47 Å². The highest BCUT2D eigenvalue weighted by molar-refractivity contribution is 6.35. The summed E-state index contributed by atoms with van der Waals surface area (Å²) >= 11 is 0. The minimum absolute atomic E-state index is 0.380. The molecule has 0 radical (unpaired) electrons. The quantitative estimate of drug-likeness (QED) is 0.592. The Morgan fingerprint density at radius 1 is 1.10 bits per heavy atom. The Morgan fingerprint density at radius 2 is 1.81 bits per heavy atom. The van der Waals surface area contributed by atoms with Crippen molar-refractivity contribution in [2.24, 2.45) is 5.10 Å². The van der Waals surface area contributed by atoms with Crippen molar-refractivity contribution in [1.82, 2.24) is 9.91 Å². The number of ether oxygens (including phenoxy) is 2. The Hall–Kier alpha value is -2.57. The predicted molar refractivity (Wildman–Crippen MR) is 76.5 cm³/mol. The number of carbonyl (C=O) groups excluding carboxylic acids is 2. The van der Waals surface area contributed by atoms with Crippen LogP contribution in [0.3, 0.4) is 0 Å². The SMILES string of the molecule is COc1ccc(C=NN2CCN(C)C(=O)C2=O)cc1OC. The van der Waals surface area contributed by atoms with E-state index in [1.54, 1.807) is 39.5 Å². The van der Waals surface area contributed by atoms with Gasteiger partial charge >= 0.3 is 11.8 Å². The van der Waals surface area contributed by atoms with Gasteiger partial charge in [0.1, 0.15) is 0 Å². The van der Waals surface area contributed by atoms with E-state index in [0.717, 1.165) is 5.56 Å². The van der Waals surface area contributed by atoms with Crippen LogP contribution in [0.4, 0.5) is 0 Å². The van der Waals surface area contributed by atoms with E-state index in [9.17, 15) is 9.59 Å². The second kappa shape index (κ2) is 6.25. The van der Waals surface area contributed by atoms with Crippen LogP contribution in [0.25, 0.3) is 0 Å². The molecule has 1 fully saturated rings. The average Bonchev–Trinajstić information content (AvgIpc) is 2.51. The molecule has 7 heteroatoms. The molecule has 0 aromatic heterocycles. The van der Waals surface area contributed by atoms with Crippen molar-refractivity contribution >= 4 is 18.0 Å². The Balaban J connectivity index is 2.14. The van der Waals surface area contributed by atoms with Crippen LogP contribution in [0.15, 0.2) is 23.3 Å². The topological polar surface area (TPSA) is 71.4 Å². The summed E-state index contributed by atoms with van der Waals surface area (Å²) in [5.41, 5.74) is 0.742. The summed E-state index contributed by atoms with van der Waals surface area (Å²) in [5, 5.41) is 5.23. The Morgan fingerprint density at radius 3 is 2.48 bits per heavy atom. The van der Waals surface area contributed by atoms with Crippen molar-refractivity contribution < 1.29 is 19.1 Å². The Labute approximate surface area is 122 Å². The van der Waals surface area contributed by atoms with Gasteiger partial charge in [0.05, 0.1) is 27.0 Å². The van der Waals surface area contributed by atoms with E-state index in [2.05, 4.69) is 5.10 Å². The molecular formula is C14H17N3O4. The third-order valence-corrected chi connectivity index (χ3v) is 3.17. The van der Waals surface area contributed by atoms with Crippen molar-refractivity contribution in [1.29, 1.82) is 0 Å². The first-order chi connectivity index (χ1) is 10.1. The van der Waals surface area contributed by atoms with E-state index in [4.69, 9.17) is 9.47 Å². The first-order valence-corrected chi connectivity index (χ1v) is 6.39. The molecule has 0 spiro atoms. The summed E-state index contributed by atoms with van der Waals surface area (Å²) in [4.78, 5) is 24.7. The zero-order chi connectivity index (χ0) is 15.4. The van der Waals surface area contributed by atoms with Gasteiger partial charge in [0, 0.05) is 13.6 Å². The number of methoxy groups -OCH3 is 2. The molecule has 2 rings (SSSR count). The number of hydrogen-bond donors (Lipinski definition) is 0. The summed E-state index contributed by atoms with van der Waals surface area (Å²) in [7, 11) is 4.69. The van der Waals surface area contributed by atoms with Gasteiger partial charge < -0.3 is 14.4 Å². The van der Waals surface area contributed by atoms with Crippen LogP contribution in [0.1, 0.15) is 5.56 Å². The second-order valence-corrected chi connectivity index (χ2v) is 4.51. The van der Waals surface area contributed by atoms with E-state index >= 15 is 0 Å². The lowest BCUT2D eigenvalue weighted by Gasteiger charge is -2.27. The predicted octanol–water partition coefficient (Wildman–Crippen LogP) is 0.338. The number of amides is 2. The molecule has 21 heavy (non-hydrogen) atoms. The number of nitrogens with zero attached hydrogens (tertiary/aromatic N) is 3. The van der Waals surface area contributed by atoms with E-state index in [1.807, 2.05) is 0 Å². The Kier molecular flexibility index (Phi) is 4.42. The highest BCUT2D eigenvalue weighted by atomic mass is 16.5. The number of benzene rings is 1. The lowest BCUT2D eigenvalue weighted by atomic mass is 10.2. The molecule has 0 bridgehead atoms. The van der Waals surface area contributed by atoms with Gasteiger partial charge in [0.15, 0.2) is 11.5 Å². The number of hydrazone groups is 1. The summed E-state index contributed by atoms with van der Waals surface area (Å²) in [5.74, 6) is 0.00826. The minimum atomic E-state index is -0.625. The van der Waals surface area contributed by atoms with Crippen molar-refractivity contribution in [3.63, 3.8) is 0 Å². The largest absolute Gasteiger partial charge is 0.493 e. The van der Waals surface area contributed by atoms with Crippen molar-refractivity contribution in [2.75, 3.05) is 34.4 Å². The zero-order valence-electron chi connectivity index (χ0n) is 12.2. The van der Waals surface area contributed by atoms with Gasteiger partial charge in [-0.15, -0.1) is 0 Å². The van der Waals surface area contributed by atoms with Gasteiger partial charge in [-0.3, -0.25) is 9.59 Å². The number of likely N-dealkylation sites (N-methyl/N-ethyl adjacent to an activating group) is 1. The maximum Gasteiger partial charge on any atom is 0.332 e. The third-order valence-electron chi connectivity index (χ3n) is 3.17. The van der Waals surface area contributed by atoms with Crippen LogP contribution in [0.5, 0.6) is 11.5 Å². The highest BCUT2D eigenvalue weighted by Gasteiger charge is 2.29. The lowest BCUT2D eigenvalue weighted by molar-refractivity contribution is -0.154. The van der Waals surface area contributed by atoms with E-state index in [1.165, 1.54) is 16.1 Å². The molecular weight excluding hydrogens is 274 g/mol. The monoisotopic (exact) mass is 291 g/mol. The number of hydrogen-bond acceptors (Lipinski definition) is 5. The first-order valence-electron chi connectivity index (χ1n) is 6.39. The lowest BCUT2D eigenvalue weighted by Crippen LogP contribution is -2.50. The average molecular weight is 291 g/mol. The highest BCUT2D eigenvalue weighted by Crippen LogP contribution is 2.26. The van der Waals surface area contributed by atoms with Crippen LogP contribution in [-0.4, -0.2) is 62.3 Å². The van der Waals surface area contributed by atoms with E-state index in [0.29, 0.717) is 24.6 Å². The van der Waals surface area contributed by atoms with Crippen LogP contribution in [-0.2, 0) is 9.59 Å². The maximum atomic E-state index is 11.8. The first kappa shape index (κ1) is 14.8. The summed E-state index contributed by atoms with van der Waals surface area (Å²) in [6, 6.07) is 5.27. The fourth-order valence-corrected chi connectivity index (χ4v) is 1.90. The van der Waals surface area contributed by atoms with Gasteiger partial charge in [-0.05, 0) is 23.8 Å². The summed E-state index contributed by atoms with van der Waals surface area (Å²) in [6.45, 7) is 0.846. The molecule has 0 atom stereocenters. The molecule has 1 saturated heterocycles. The van der Waals surface area contributed by atoms with Gasteiger partial charge in [0.2, 0.25) is 0 Å².